The van der Waals surface area contributed by atoms with Crippen molar-refractivity contribution in [2.24, 2.45) is 0 Å². The topological polar surface area (TPSA) is 68.0 Å². The molecule has 1 amide bonds. The van der Waals surface area contributed by atoms with Crippen molar-refractivity contribution < 1.29 is 4.79 Å². The summed E-state index contributed by atoms with van der Waals surface area (Å²) < 4.78 is 0. The third-order valence-corrected chi connectivity index (χ3v) is 4.23. The standard InChI is InChI=1S/C15H19N3OS.2ClH/c1-10-9-20-14(17-10)15(2,3)18-13(19)8-11-4-6-12(16)7-5-11;;/h4-7,9H,8,16H2,1-3H3,(H,18,19);2*1H. The van der Waals surface area contributed by atoms with Crippen molar-refractivity contribution in [1.82, 2.24) is 10.3 Å². The lowest BCUT2D eigenvalue weighted by atomic mass is 10.1. The van der Waals surface area contributed by atoms with Crippen molar-refractivity contribution in [1.29, 1.82) is 0 Å². The zero-order valence-electron chi connectivity index (χ0n) is 12.8. The van der Waals surface area contributed by atoms with E-state index in [9.17, 15) is 4.79 Å². The number of carbonyl (C=O) groups is 1. The number of benzene rings is 1. The third-order valence-electron chi connectivity index (χ3n) is 2.95. The van der Waals surface area contributed by atoms with Gasteiger partial charge in [-0.1, -0.05) is 12.1 Å². The van der Waals surface area contributed by atoms with E-state index in [0.29, 0.717) is 12.1 Å². The fraction of sp³-hybridized carbons (Fsp3) is 0.333. The Morgan fingerprint density at radius 2 is 1.86 bits per heavy atom. The highest BCUT2D eigenvalue weighted by Crippen LogP contribution is 2.23. The highest BCUT2D eigenvalue weighted by Gasteiger charge is 2.25. The fourth-order valence-electron chi connectivity index (χ4n) is 1.91. The van der Waals surface area contributed by atoms with Crippen molar-refractivity contribution in [2.75, 3.05) is 5.73 Å². The molecule has 0 aliphatic rings. The van der Waals surface area contributed by atoms with Gasteiger partial charge in [-0.05, 0) is 38.5 Å². The van der Waals surface area contributed by atoms with Crippen molar-refractivity contribution in [3.63, 3.8) is 0 Å². The molecule has 1 aromatic carbocycles. The highest BCUT2D eigenvalue weighted by atomic mass is 35.5. The van der Waals surface area contributed by atoms with E-state index in [0.717, 1.165) is 16.3 Å². The minimum absolute atomic E-state index is 0. The van der Waals surface area contributed by atoms with E-state index in [-0.39, 0.29) is 30.7 Å². The van der Waals surface area contributed by atoms with Crippen LogP contribution in [-0.4, -0.2) is 10.9 Å². The SMILES string of the molecule is Cc1csc(C(C)(C)NC(=O)Cc2ccc(N)cc2)n1.Cl.Cl. The molecule has 7 heteroatoms. The van der Waals surface area contributed by atoms with E-state index in [2.05, 4.69) is 10.3 Å². The molecule has 2 rings (SSSR count). The molecule has 22 heavy (non-hydrogen) atoms. The van der Waals surface area contributed by atoms with Gasteiger partial charge in [-0.2, -0.15) is 0 Å². The minimum atomic E-state index is -0.455. The Hall–Kier alpha value is -1.30. The second kappa shape index (κ2) is 8.36. The fourth-order valence-corrected chi connectivity index (χ4v) is 2.79. The molecule has 4 nitrogen and oxygen atoms in total. The Kier molecular flexibility index (Phi) is 7.87. The van der Waals surface area contributed by atoms with Crippen molar-refractivity contribution in [2.45, 2.75) is 32.7 Å². The quantitative estimate of drug-likeness (QED) is 0.819. The van der Waals surface area contributed by atoms with E-state index in [4.69, 9.17) is 5.73 Å². The monoisotopic (exact) mass is 361 g/mol. The van der Waals surface area contributed by atoms with Gasteiger partial charge >= 0.3 is 0 Å². The van der Waals surface area contributed by atoms with Gasteiger partial charge in [-0.3, -0.25) is 4.79 Å². The van der Waals surface area contributed by atoms with Gasteiger partial charge in [0.1, 0.15) is 5.01 Å². The van der Waals surface area contributed by atoms with Crippen LogP contribution in [0.4, 0.5) is 5.69 Å². The van der Waals surface area contributed by atoms with Crippen molar-refractivity contribution >= 4 is 47.7 Å². The Morgan fingerprint density at radius 1 is 1.27 bits per heavy atom. The normalized spacial score (nSPS) is 10.3. The van der Waals surface area contributed by atoms with Crippen LogP contribution in [0.2, 0.25) is 0 Å². The smallest absolute Gasteiger partial charge is 0.225 e. The van der Waals surface area contributed by atoms with Crippen LogP contribution in [-0.2, 0) is 16.8 Å². The first kappa shape index (κ1) is 20.7. The molecule has 0 unspecified atom stereocenters. The lowest BCUT2D eigenvalue weighted by Crippen LogP contribution is -2.41. The number of hydrogen-bond donors (Lipinski definition) is 2. The molecule has 0 bridgehead atoms. The van der Waals surface area contributed by atoms with Crippen LogP contribution in [0.25, 0.3) is 0 Å². The van der Waals surface area contributed by atoms with Crippen LogP contribution in [0.5, 0.6) is 0 Å². The summed E-state index contributed by atoms with van der Waals surface area (Å²) in [6.45, 7) is 5.88. The first-order valence-electron chi connectivity index (χ1n) is 6.45. The molecule has 2 aromatic rings. The number of halogens is 2. The van der Waals surface area contributed by atoms with Gasteiger partial charge < -0.3 is 11.1 Å². The van der Waals surface area contributed by atoms with Gasteiger partial charge in [0.2, 0.25) is 5.91 Å². The van der Waals surface area contributed by atoms with Crippen LogP contribution in [0.3, 0.4) is 0 Å². The molecular weight excluding hydrogens is 341 g/mol. The molecule has 122 valence electrons. The number of nitrogen functional groups attached to an aromatic ring is 1. The molecule has 1 heterocycles. The predicted molar refractivity (Wildman–Crippen MR) is 97.1 cm³/mol. The molecule has 0 fully saturated rings. The number of carbonyl (C=O) groups excluding carboxylic acids is 1. The average Bonchev–Trinajstić information content (AvgIpc) is 2.79. The molecule has 0 atom stereocenters. The number of nitrogens with one attached hydrogen (secondary N) is 1. The summed E-state index contributed by atoms with van der Waals surface area (Å²) in [6.07, 6.45) is 0.341. The Bertz CT molecular complexity index is 612. The lowest BCUT2D eigenvalue weighted by Gasteiger charge is -2.23. The van der Waals surface area contributed by atoms with Gasteiger partial charge in [0.25, 0.3) is 0 Å². The number of nitrogens with two attached hydrogens (primary N) is 1. The largest absolute Gasteiger partial charge is 0.399 e. The Labute approximate surface area is 147 Å². The van der Waals surface area contributed by atoms with Gasteiger partial charge in [-0.25, -0.2) is 4.98 Å². The summed E-state index contributed by atoms with van der Waals surface area (Å²) in [5.41, 5.74) is 7.80. The molecular formula is C15H21Cl2N3OS. The molecule has 0 aliphatic carbocycles. The Balaban J connectivity index is 0.00000220. The number of thiazole rings is 1. The molecule has 0 saturated heterocycles. The first-order valence-corrected chi connectivity index (χ1v) is 7.33. The summed E-state index contributed by atoms with van der Waals surface area (Å²) in [5, 5.41) is 5.93. The maximum absolute atomic E-state index is 12.1. The molecule has 3 N–H and O–H groups in total. The van der Waals surface area contributed by atoms with Gasteiger partial charge in [0.15, 0.2) is 0 Å². The van der Waals surface area contributed by atoms with E-state index in [1.165, 1.54) is 0 Å². The highest BCUT2D eigenvalue weighted by molar-refractivity contribution is 7.09. The maximum atomic E-state index is 12.1. The summed E-state index contributed by atoms with van der Waals surface area (Å²) in [7, 11) is 0. The summed E-state index contributed by atoms with van der Waals surface area (Å²) in [5.74, 6) is -0.0207. The number of amides is 1. The van der Waals surface area contributed by atoms with Crippen LogP contribution in [0, 0.1) is 6.92 Å². The molecule has 0 spiro atoms. The summed E-state index contributed by atoms with van der Waals surface area (Å²) in [6, 6.07) is 7.35. The Morgan fingerprint density at radius 3 is 2.36 bits per heavy atom. The van der Waals surface area contributed by atoms with Crippen LogP contribution < -0.4 is 11.1 Å². The lowest BCUT2D eigenvalue weighted by molar-refractivity contribution is -0.122. The molecule has 0 radical (unpaired) electrons. The number of rotatable bonds is 4. The van der Waals surface area contributed by atoms with Crippen molar-refractivity contribution in [3.8, 4) is 0 Å². The van der Waals surface area contributed by atoms with E-state index >= 15 is 0 Å². The number of aryl methyl sites for hydroxylation is 1. The van der Waals surface area contributed by atoms with E-state index < -0.39 is 5.54 Å². The van der Waals surface area contributed by atoms with Crippen LogP contribution in [0.15, 0.2) is 29.6 Å². The summed E-state index contributed by atoms with van der Waals surface area (Å²) in [4.78, 5) is 16.6. The number of nitrogens with zero attached hydrogens (tertiary/aromatic N) is 1. The predicted octanol–water partition coefficient (Wildman–Crippen LogP) is 3.47. The number of anilines is 1. The first-order chi connectivity index (χ1) is 9.37. The molecule has 1 aromatic heterocycles. The van der Waals surface area contributed by atoms with Crippen LogP contribution in [0.1, 0.15) is 30.1 Å². The van der Waals surface area contributed by atoms with Crippen LogP contribution >= 0.6 is 36.2 Å². The maximum Gasteiger partial charge on any atom is 0.225 e. The van der Waals surface area contributed by atoms with Gasteiger partial charge in [-0.15, -0.1) is 36.2 Å². The summed E-state index contributed by atoms with van der Waals surface area (Å²) >= 11 is 1.56. The molecule has 0 aliphatic heterocycles. The van der Waals surface area contributed by atoms with E-state index in [1.54, 1.807) is 23.5 Å². The zero-order valence-corrected chi connectivity index (χ0v) is 15.2. The van der Waals surface area contributed by atoms with Gasteiger partial charge in [0, 0.05) is 16.8 Å². The zero-order chi connectivity index (χ0) is 14.8. The van der Waals surface area contributed by atoms with Gasteiger partial charge in [0.05, 0.1) is 12.0 Å². The average molecular weight is 362 g/mol. The number of aromatic nitrogens is 1. The van der Waals surface area contributed by atoms with Crippen molar-refractivity contribution in [3.05, 3.63) is 45.9 Å². The third kappa shape index (κ3) is 5.48. The minimum Gasteiger partial charge on any atom is -0.399 e. The second-order valence-electron chi connectivity index (χ2n) is 5.39. The molecule has 0 saturated carbocycles. The van der Waals surface area contributed by atoms with E-state index in [1.807, 2.05) is 38.3 Å². The number of hydrogen-bond acceptors (Lipinski definition) is 4. The second-order valence-corrected chi connectivity index (χ2v) is 6.24.